The van der Waals surface area contributed by atoms with Gasteiger partial charge in [-0.1, -0.05) is 13.8 Å². The molecule has 0 radical (unpaired) electrons. The number of pyridine rings is 1. The molecule has 2 N–H and O–H groups in total. The van der Waals surface area contributed by atoms with Crippen molar-refractivity contribution in [1.82, 2.24) is 4.98 Å². The van der Waals surface area contributed by atoms with Crippen LogP contribution in [0.4, 0.5) is 5.82 Å². The molecule has 0 aliphatic heterocycles. The SMILES string of the molecule is CCC(C)SCC(=O)c1c(C)ccnc1N. The van der Waals surface area contributed by atoms with Gasteiger partial charge >= 0.3 is 0 Å². The fourth-order valence-corrected chi connectivity index (χ4v) is 2.17. The van der Waals surface area contributed by atoms with E-state index < -0.39 is 0 Å². The largest absolute Gasteiger partial charge is 0.383 e. The molecule has 0 aliphatic carbocycles. The summed E-state index contributed by atoms with van der Waals surface area (Å²) in [5.74, 6) is 0.898. The van der Waals surface area contributed by atoms with Gasteiger partial charge in [-0.3, -0.25) is 4.79 Å². The summed E-state index contributed by atoms with van der Waals surface area (Å²) in [5.41, 5.74) is 7.21. The van der Waals surface area contributed by atoms with Gasteiger partial charge in [0.25, 0.3) is 0 Å². The molecule has 1 unspecified atom stereocenters. The minimum atomic E-state index is 0.0772. The predicted molar refractivity (Wildman–Crippen MR) is 69.9 cm³/mol. The number of anilines is 1. The maximum absolute atomic E-state index is 12.0. The van der Waals surface area contributed by atoms with Crippen molar-refractivity contribution in [1.29, 1.82) is 0 Å². The molecule has 0 bridgehead atoms. The van der Waals surface area contributed by atoms with E-state index in [9.17, 15) is 4.79 Å². The van der Waals surface area contributed by atoms with Crippen molar-refractivity contribution in [3.05, 3.63) is 23.4 Å². The highest BCUT2D eigenvalue weighted by atomic mass is 32.2. The van der Waals surface area contributed by atoms with Crippen LogP contribution in [0.5, 0.6) is 0 Å². The Morgan fingerprint density at radius 3 is 2.88 bits per heavy atom. The van der Waals surface area contributed by atoms with Crippen LogP contribution in [-0.4, -0.2) is 21.8 Å². The van der Waals surface area contributed by atoms with Crippen molar-refractivity contribution in [3.8, 4) is 0 Å². The zero-order valence-electron chi connectivity index (χ0n) is 9.99. The van der Waals surface area contributed by atoms with E-state index in [1.165, 1.54) is 0 Å². The molecule has 0 fully saturated rings. The Labute approximate surface area is 101 Å². The minimum Gasteiger partial charge on any atom is -0.383 e. The lowest BCUT2D eigenvalue weighted by atomic mass is 10.1. The summed E-state index contributed by atoms with van der Waals surface area (Å²) in [6.45, 7) is 6.13. The molecular formula is C12H18N2OS. The Morgan fingerprint density at radius 1 is 1.62 bits per heavy atom. The van der Waals surface area contributed by atoms with Crippen LogP contribution in [0.1, 0.15) is 36.2 Å². The average Bonchev–Trinajstić information content (AvgIpc) is 2.25. The van der Waals surface area contributed by atoms with E-state index in [-0.39, 0.29) is 5.78 Å². The fraction of sp³-hybridized carbons (Fsp3) is 0.500. The molecule has 88 valence electrons. The Balaban J connectivity index is 2.73. The highest BCUT2D eigenvalue weighted by molar-refractivity contribution is 8.00. The summed E-state index contributed by atoms with van der Waals surface area (Å²) in [6, 6.07) is 1.82. The fourth-order valence-electron chi connectivity index (χ4n) is 1.35. The third-order valence-corrected chi connectivity index (χ3v) is 3.87. The summed E-state index contributed by atoms with van der Waals surface area (Å²) < 4.78 is 0. The van der Waals surface area contributed by atoms with Crippen LogP contribution in [0.3, 0.4) is 0 Å². The van der Waals surface area contributed by atoms with E-state index in [2.05, 4.69) is 18.8 Å². The van der Waals surface area contributed by atoms with Gasteiger partial charge in [0.15, 0.2) is 5.78 Å². The number of hydrogen-bond acceptors (Lipinski definition) is 4. The number of carbonyl (C=O) groups is 1. The Morgan fingerprint density at radius 2 is 2.31 bits per heavy atom. The van der Waals surface area contributed by atoms with Crippen LogP contribution >= 0.6 is 11.8 Å². The molecule has 0 saturated heterocycles. The first-order valence-electron chi connectivity index (χ1n) is 5.42. The standard InChI is InChI=1S/C12H18N2OS/c1-4-9(3)16-7-10(15)11-8(2)5-6-14-12(11)13/h5-6,9H,4,7H2,1-3H3,(H2,13,14). The molecule has 0 spiro atoms. The second kappa shape index (κ2) is 5.89. The van der Waals surface area contributed by atoms with Crippen molar-refractivity contribution < 1.29 is 4.79 Å². The molecule has 4 heteroatoms. The number of aromatic nitrogens is 1. The van der Waals surface area contributed by atoms with E-state index in [4.69, 9.17) is 5.73 Å². The van der Waals surface area contributed by atoms with Crippen LogP contribution in [0.15, 0.2) is 12.3 Å². The number of nitrogen functional groups attached to an aromatic ring is 1. The maximum atomic E-state index is 12.0. The molecule has 0 saturated carbocycles. The minimum absolute atomic E-state index is 0.0772. The zero-order valence-corrected chi connectivity index (χ0v) is 10.8. The van der Waals surface area contributed by atoms with Gasteiger partial charge in [-0.15, -0.1) is 0 Å². The lowest BCUT2D eigenvalue weighted by Gasteiger charge is -2.09. The average molecular weight is 238 g/mol. The molecule has 16 heavy (non-hydrogen) atoms. The number of Topliss-reactive ketones (excluding diaryl/α,β-unsaturated/α-hetero) is 1. The summed E-state index contributed by atoms with van der Waals surface area (Å²) in [5, 5.41) is 0.502. The number of nitrogens with two attached hydrogens (primary N) is 1. The van der Waals surface area contributed by atoms with E-state index in [0.29, 0.717) is 22.4 Å². The van der Waals surface area contributed by atoms with E-state index >= 15 is 0 Å². The molecule has 1 rings (SSSR count). The lowest BCUT2D eigenvalue weighted by molar-refractivity contribution is 0.102. The van der Waals surface area contributed by atoms with Crippen molar-refractivity contribution in [2.75, 3.05) is 11.5 Å². The number of hydrogen-bond donors (Lipinski definition) is 1. The number of thioether (sulfide) groups is 1. The lowest BCUT2D eigenvalue weighted by Crippen LogP contribution is -2.11. The van der Waals surface area contributed by atoms with Crippen LogP contribution < -0.4 is 5.73 Å². The molecule has 1 aromatic heterocycles. The third kappa shape index (κ3) is 3.23. The second-order valence-corrected chi connectivity index (χ2v) is 5.27. The molecule has 0 amide bonds. The highest BCUT2D eigenvalue weighted by Crippen LogP contribution is 2.19. The maximum Gasteiger partial charge on any atom is 0.176 e. The molecule has 1 aromatic rings. The van der Waals surface area contributed by atoms with Crippen LogP contribution in [0.2, 0.25) is 0 Å². The van der Waals surface area contributed by atoms with Gasteiger partial charge in [0.05, 0.1) is 11.3 Å². The number of ketones is 1. The van der Waals surface area contributed by atoms with Gasteiger partial charge in [-0.25, -0.2) is 4.98 Å². The van der Waals surface area contributed by atoms with E-state index in [1.54, 1.807) is 18.0 Å². The van der Waals surface area contributed by atoms with Gasteiger partial charge in [0.2, 0.25) is 0 Å². The monoisotopic (exact) mass is 238 g/mol. The van der Waals surface area contributed by atoms with Crippen molar-refractivity contribution in [2.24, 2.45) is 0 Å². The number of aryl methyl sites for hydroxylation is 1. The third-order valence-electron chi connectivity index (χ3n) is 2.54. The molecular weight excluding hydrogens is 220 g/mol. The summed E-state index contributed by atoms with van der Waals surface area (Å²) in [4.78, 5) is 15.9. The van der Waals surface area contributed by atoms with Crippen LogP contribution in [0.25, 0.3) is 0 Å². The van der Waals surface area contributed by atoms with Crippen molar-refractivity contribution in [3.63, 3.8) is 0 Å². The first kappa shape index (κ1) is 13.0. The normalized spacial score (nSPS) is 12.4. The van der Waals surface area contributed by atoms with Crippen LogP contribution in [0, 0.1) is 6.92 Å². The van der Waals surface area contributed by atoms with Crippen molar-refractivity contribution in [2.45, 2.75) is 32.4 Å². The summed E-state index contributed by atoms with van der Waals surface area (Å²) in [7, 11) is 0. The first-order valence-corrected chi connectivity index (χ1v) is 6.47. The van der Waals surface area contributed by atoms with Gasteiger partial charge in [0, 0.05) is 11.4 Å². The molecule has 0 aliphatic rings. The Hall–Kier alpha value is -1.03. The number of nitrogens with zero attached hydrogens (tertiary/aromatic N) is 1. The molecule has 0 aromatic carbocycles. The topological polar surface area (TPSA) is 56.0 Å². The highest BCUT2D eigenvalue weighted by Gasteiger charge is 2.14. The second-order valence-electron chi connectivity index (χ2n) is 3.84. The first-order chi connectivity index (χ1) is 7.56. The van der Waals surface area contributed by atoms with E-state index in [1.807, 2.05) is 13.0 Å². The summed E-state index contributed by atoms with van der Waals surface area (Å²) >= 11 is 1.66. The van der Waals surface area contributed by atoms with Gasteiger partial charge in [-0.05, 0) is 25.0 Å². The van der Waals surface area contributed by atoms with E-state index in [0.717, 1.165) is 12.0 Å². The quantitative estimate of drug-likeness (QED) is 0.801. The van der Waals surface area contributed by atoms with Gasteiger partial charge < -0.3 is 5.73 Å². The van der Waals surface area contributed by atoms with Crippen molar-refractivity contribution >= 4 is 23.4 Å². The van der Waals surface area contributed by atoms with Gasteiger partial charge in [0.1, 0.15) is 5.82 Å². The number of carbonyl (C=O) groups excluding carboxylic acids is 1. The Bertz CT molecular complexity index is 359. The van der Waals surface area contributed by atoms with Crippen LogP contribution in [-0.2, 0) is 0 Å². The molecule has 1 heterocycles. The molecule has 1 atom stereocenters. The predicted octanol–water partition coefficient (Wildman–Crippen LogP) is 2.69. The Kier molecular flexibility index (Phi) is 4.80. The smallest absolute Gasteiger partial charge is 0.176 e. The van der Waals surface area contributed by atoms with Gasteiger partial charge in [-0.2, -0.15) is 11.8 Å². The summed E-state index contributed by atoms with van der Waals surface area (Å²) in [6.07, 6.45) is 2.70. The number of rotatable bonds is 5. The molecule has 3 nitrogen and oxygen atoms in total. The zero-order chi connectivity index (χ0) is 12.1.